The van der Waals surface area contributed by atoms with E-state index in [1.165, 1.54) is 0 Å². The molecule has 0 spiro atoms. The van der Waals surface area contributed by atoms with Crippen molar-refractivity contribution in [3.63, 3.8) is 0 Å². The molecular weight excluding hydrogens is 488 g/mol. The number of fused-ring (bicyclic) bond motifs is 2. The standard InChI is InChI=1S/C32H34N4O3/c1-36-15-13-26(14-16-36)39-25-7-3-21(4-8-25)5-11-30-28-10-6-22(19-31(28)35-34-30)23-17-24-18-27(38-2)9-12-29(24)33-32(37)20-23/h3-12,18-19,23,26H,13-17,20H2,1-2H3,(H,33,37)(H,34,35)/b11-5+. The fourth-order valence-corrected chi connectivity index (χ4v) is 5.55. The molecule has 0 saturated carbocycles. The normalized spacial score (nSPS) is 18.6. The molecule has 1 fully saturated rings. The average molecular weight is 523 g/mol. The molecule has 0 aliphatic carbocycles. The number of likely N-dealkylation sites (tertiary alicyclic amines) is 1. The Kier molecular flexibility index (Phi) is 7.07. The lowest BCUT2D eigenvalue weighted by Gasteiger charge is -2.29. The third kappa shape index (κ3) is 5.68. The molecule has 3 heterocycles. The summed E-state index contributed by atoms with van der Waals surface area (Å²) in [6.45, 7) is 2.17. The number of nitrogens with one attached hydrogen (secondary N) is 2. The molecule has 0 bridgehead atoms. The van der Waals surface area contributed by atoms with Crippen LogP contribution in [0.4, 0.5) is 5.69 Å². The molecule has 2 N–H and O–H groups in total. The summed E-state index contributed by atoms with van der Waals surface area (Å²) in [5.74, 6) is 1.82. The second-order valence-electron chi connectivity index (χ2n) is 10.6. The number of carbonyl (C=O) groups is 1. The number of aromatic amines is 1. The summed E-state index contributed by atoms with van der Waals surface area (Å²) in [6, 6.07) is 20.4. The second-order valence-corrected chi connectivity index (χ2v) is 10.6. The Bertz CT molecular complexity index is 1500. The number of rotatable bonds is 6. The van der Waals surface area contributed by atoms with Gasteiger partial charge < -0.3 is 19.7 Å². The van der Waals surface area contributed by atoms with Gasteiger partial charge in [0, 0.05) is 30.6 Å². The molecular formula is C32H34N4O3. The zero-order chi connectivity index (χ0) is 26.8. The van der Waals surface area contributed by atoms with Gasteiger partial charge in [-0.2, -0.15) is 5.10 Å². The summed E-state index contributed by atoms with van der Waals surface area (Å²) >= 11 is 0. The van der Waals surface area contributed by atoms with Crippen LogP contribution in [0.15, 0.2) is 60.7 Å². The third-order valence-electron chi connectivity index (χ3n) is 7.85. The number of anilines is 1. The van der Waals surface area contributed by atoms with Gasteiger partial charge in [0.25, 0.3) is 0 Å². The highest BCUT2D eigenvalue weighted by Crippen LogP contribution is 2.35. The monoisotopic (exact) mass is 522 g/mol. The number of hydrogen-bond donors (Lipinski definition) is 2. The molecule has 1 saturated heterocycles. The van der Waals surface area contributed by atoms with E-state index in [4.69, 9.17) is 9.47 Å². The highest BCUT2D eigenvalue weighted by atomic mass is 16.5. The zero-order valence-corrected chi connectivity index (χ0v) is 22.4. The van der Waals surface area contributed by atoms with Gasteiger partial charge in [-0.3, -0.25) is 9.89 Å². The van der Waals surface area contributed by atoms with Crippen molar-refractivity contribution in [3.05, 3.63) is 83.0 Å². The van der Waals surface area contributed by atoms with E-state index in [-0.39, 0.29) is 11.8 Å². The fourth-order valence-electron chi connectivity index (χ4n) is 5.55. The lowest BCUT2D eigenvalue weighted by Crippen LogP contribution is -2.35. The molecule has 7 nitrogen and oxygen atoms in total. The van der Waals surface area contributed by atoms with Crippen LogP contribution in [0, 0.1) is 0 Å². The van der Waals surface area contributed by atoms with Gasteiger partial charge >= 0.3 is 0 Å². The number of ether oxygens (including phenoxy) is 2. The topological polar surface area (TPSA) is 79.5 Å². The molecule has 3 aromatic carbocycles. The second kappa shape index (κ2) is 10.9. The van der Waals surface area contributed by atoms with E-state index < -0.39 is 0 Å². The molecule has 2 aliphatic heterocycles. The first-order valence-electron chi connectivity index (χ1n) is 13.6. The van der Waals surface area contributed by atoms with Crippen molar-refractivity contribution >= 4 is 34.6 Å². The first-order valence-corrected chi connectivity index (χ1v) is 13.6. The van der Waals surface area contributed by atoms with E-state index >= 15 is 0 Å². The van der Waals surface area contributed by atoms with Crippen LogP contribution >= 0.6 is 0 Å². The fraction of sp³-hybridized carbons (Fsp3) is 0.312. The molecule has 0 radical (unpaired) electrons. The molecule has 1 unspecified atom stereocenters. The van der Waals surface area contributed by atoms with E-state index in [2.05, 4.69) is 63.9 Å². The number of nitrogens with zero attached hydrogens (tertiary/aromatic N) is 2. The molecule has 1 atom stereocenters. The largest absolute Gasteiger partial charge is 0.497 e. The summed E-state index contributed by atoms with van der Waals surface area (Å²) in [5.41, 5.74) is 6.01. The molecule has 6 rings (SSSR count). The summed E-state index contributed by atoms with van der Waals surface area (Å²) in [4.78, 5) is 15.0. The Morgan fingerprint density at radius 3 is 2.54 bits per heavy atom. The number of carbonyl (C=O) groups excluding carboxylic acids is 1. The number of amides is 1. The number of methoxy groups -OCH3 is 1. The highest BCUT2D eigenvalue weighted by Gasteiger charge is 2.24. The lowest BCUT2D eigenvalue weighted by atomic mass is 9.89. The van der Waals surface area contributed by atoms with Crippen molar-refractivity contribution in [2.24, 2.45) is 0 Å². The first kappa shape index (κ1) is 25.2. The van der Waals surface area contributed by atoms with Crippen LogP contribution < -0.4 is 14.8 Å². The minimum absolute atomic E-state index is 0.0278. The Morgan fingerprint density at radius 2 is 1.74 bits per heavy atom. The Morgan fingerprint density at radius 1 is 0.949 bits per heavy atom. The Labute approximate surface area is 228 Å². The van der Waals surface area contributed by atoms with Crippen LogP contribution in [0.1, 0.15) is 47.6 Å². The molecule has 4 aromatic rings. The van der Waals surface area contributed by atoms with Crippen molar-refractivity contribution in [1.82, 2.24) is 15.1 Å². The van der Waals surface area contributed by atoms with E-state index in [1.54, 1.807) is 7.11 Å². The van der Waals surface area contributed by atoms with E-state index in [0.29, 0.717) is 12.5 Å². The van der Waals surface area contributed by atoms with E-state index in [9.17, 15) is 4.79 Å². The van der Waals surface area contributed by atoms with Gasteiger partial charge in [-0.25, -0.2) is 0 Å². The number of benzene rings is 3. The van der Waals surface area contributed by atoms with Gasteiger partial charge in [-0.1, -0.05) is 30.3 Å². The number of piperidine rings is 1. The van der Waals surface area contributed by atoms with Gasteiger partial charge in [-0.15, -0.1) is 0 Å². The third-order valence-corrected chi connectivity index (χ3v) is 7.85. The van der Waals surface area contributed by atoms with E-state index in [1.807, 2.05) is 36.4 Å². The van der Waals surface area contributed by atoms with Crippen molar-refractivity contribution < 1.29 is 14.3 Å². The molecule has 39 heavy (non-hydrogen) atoms. The number of aromatic nitrogens is 2. The van der Waals surface area contributed by atoms with Gasteiger partial charge in [0.1, 0.15) is 17.6 Å². The minimum Gasteiger partial charge on any atom is -0.497 e. The van der Waals surface area contributed by atoms with Gasteiger partial charge in [0.15, 0.2) is 0 Å². The quantitative estimate of drug-likeness (QED) is 0.330. The lowest BCUT2D eigenvalue weighted by molar-refractivity contribution is -0.116. The van der Waals surface area contributed by atoms with Crippen LogP contribution in [-0.2, 0) is 11.2 Å². The van der Waals surface area contributed by atoms with Crippen molar-refractivity contribution in [2.45, 2.75) is 37.7 Å². The maximum atomic E-state index is 12.6. The Hall–Kier alpha value is -4.10. The van der Waals surface area contributed by atoms with Crippen LogP contribution in [0.2, 0.25) is 0 Å². The van der Waals surface area contributed by atoms with Crippen LogP contribution in [0.25, 0.3) is 23.1 Å². The Balaban J connectivity index is 1.16. The van der Waals surface area contributed by atoms with Gasteiger partial charge in [0.2, 0.25) is 5.91 Å². The van der Waals surface area contributed by atoms with Crippen molar-refractivity contribution in [3.8, 4) is 11.5 Å². The predicted octanol–water partition coefficient (Wildman–Crippen LogP) is 5.88. The smallest absolute Gasteiger partial charge is 0.225 e. The SMILES string of the molecule is COc1ccc2c(c1)CC(c1ccc3c(/C=C/c4ccc(OC5CCN(C)CC5)cc4)n[nH]c3c1)CC(=O)N2. The average Bonchev–Trinajstić information content (AvgIpc) is 3.28. The minimum atomic E-state index is 0.0278. The van der Waals surface area contributed by atoms with Gasteiger partial charge in [0.05, 0.1) is 18.3 Å². The van der Waals surface area contributed by atoms with Crippen molar-refractivity contribution in [1.29, 1.82) is 0 Å². The summed E-state index contributed by atoms with van der Waals surface area (Å²) in [6.07, 6.45) is 7.74. The summed E-state index contributed by atoms with van der Waals surface area (Å²) in [5, 5.41) is 11.8. The van der Waals surface area contributed by atoms with E-state index in [0.717, 1.165) is 82.8 Å². The summed E-state index contributed by atoms with van der Waals surface area (Å²) < 4.78 is 11.6. The maximum Gasteiger partial charge on any atom is 0.225 e. The molecule has 2 aliphatic rings. The maximum absolute atomic E-state index is 12.6. The highest BCUT2D eigenvalue weighted by molar-refractivity contribution is 5.94. The van der Waals surface area contributed by atoms with Gasteiger partial charge in [-0.05, 0) is 91.4 Å². The first-order chi connectivity index (χ1) is 19.0. The van der Waals surface area contributed by atoms with Crippen molar-refractivity contribution in [2.75, 3.05) is 32.6 Å². The number of H-pyrrole nitrogens is 1. The number of hydrogen-bond acceptors (Lipinski definition) is 5. The van der Waals surface area contributed by atoms with Crippen LogP contribution in [0.5, 0.6) is 11.5 Å². The molecule has 1 amide bonds. The predicted molar refractivity (Wildman–Crippen MR) is 155 cm³/mol. The summed E-state index contributed by atoms with van der Waals surface area (Å²) in [7, 11) is 3.82. The molecule has 1 aromatic heterocycles. The van der Waals surface area contributed by atoms with Crippen LogP contribution in [-0.4, -0.2) is 54.4 Å². The zero-order valence-electron chi connectivity index (χ0n) is 22.4. The molecule has 200 valence electrons. The van der Waals surface area contributed by atoms with Crippen LogP contribution in [0.3, 0.4) is 0 Å². The molecule has 7 heteroatoms.